The zero-order chi connectivity index (χ0) is 18.8. The first-order valence-corrected chi connectivity index (χ1v) is 9.08. The second-order valence-electron chi connectivity index (χ2n) is 6.85. The predicted octanol–water partition coefficient (Wildman–Crippen LogP) is 2.49. The van der Waals surface area contributed by atoms with E-state index in [0.29, 0.717) is 24.6 Å². The van der Waals surface area contributed by atoms with Gasteiger partial charge in [-0.05, 0) is 19.8 Å². The normalized spacial score (nSPS) is 17.1. The fraction of sp³-hybridized carbons (Fsp3) is 0.300. The van der Waals surface area contributed by atoms with Crippen LogP contribution in [-0.4, -0.2) is 43.8 Å². The molecule has 3 aromatic rings. The molecule has 1 aromatic carbocycles. The Morgan fingerprint density at radius 2 is 2.07 bits per heavy atom. The quantitative estimate of drug-likeness (QED) is 0.747. The van der Waals surface area contributed by atoms with Crippen molar-refractivity contribution in [3.63, 3.8) is 0 Å². The lowest BCUT2D eigenvalue weighted by Gasteiger charge is -2.32. The predicted molar refractivity (Wildman–Crippen MR) is 101 cm³/mol. The number of benzene rings is 1. The van der Waals surface area contributed by atoms with Crippen molar-refractivity contribution in [2.45, 2.75) is 25.7 Å². The number of amides is 1. The molecule has 1 aliphatic rings. The van der Waals surface area contributed by atoms with E-state index in [-0.39, 0.29) is 17.4 Å². The van der Waals surface area contributed by atoms with Crippen molar-refractivity contribution >= 4 is 5.91 Å². The number of carbonyl (C=O) groups is 1. The number of H-pyrrole nitrogens is 2. The minimum Gasteiger partial charge on any atom is -0.341 e. The van der Waals surface area contributed by atoms with Gasteiger partial charge in [0.15, 0.2) is 0 Å². The average molecular weight is 363 g/mol. The molecule has 7 heteroatoms. The van der Waals surface area contributed by atoms with Crippen molar-refractivity contribution in [1.82, 2.24) is 24.8 Å². The number of aryl methyl sites for hydroxylation is 1. The van der Waals surface area contributed by atoms with Crippen LogP contribution in [0.4, 0.5) is 0 Å². The first kappa shape index (κ1) is 17.2. The molecule has 1 fully saturated rings. The molecule has 0 radical (unpaired) electrons. The summed E-state index contributed by atoms with van der Waals surface area (Å²) < 4.78 is 0. The molecule has 27 heavy (non-hydrogen) atoms. The summed E-state index contributed by atoms with van der Waals surface area (Å²) in [7, 11) is 0. The van der Waals surface area contributed by atoms with Gasteiger partial charge < -0.3 is 14.9 Å². The molecule has 1 atom stereocenters. The summed E-state index contributed by atoms with van der Waals surface area (Å²) in [5.41, 5.74) is 2.73. The Bertz CT molecular complexity index is 1010. The number of likely N-dealkylation sites (tertiary alicyclic amines) is 1. The zero-order valence-electron chi connectivity index (χ0n) is 15.1. The Morgan fingerprint density at radius 3 is 2.85 bits per heavy atom. The Hall–Kier alpha value is -3.22. The van der Waals surface area contributed by atoms with Gasteiger partial charge in [-0.3, -0.25) is 9.59 Å². The van der Waals surface area contributed by atoms with Crippen LogP contribution in [0, 0.1) is 6.92 Å². The number of aromatic nitrogens is 4. The van der Waals surface area contributed by atoms with Crippen LogP contribution in [0.1, 0.15) is 40.6 Å². The number of rotatable bonds is 3. The monoisotopic (exact) mass is 363 g/mol. The Balaban J connectivity index is 1.56. The van der Waals surface area contributed by atoms with Crippen LogP contribution in [0.5, 0.6) is 0 Å². The Kier molecular flexibility index (Phi) is 4.58. The molecule has 0 bridgehead atoms. The van der Waals surface area contributed by atoms with Gasteiger partial charge in [0.25, 0.3) is 11.5 Å². The molecule has 1 aliphatic heterocycles. The maximum Gasteiger partial charge on any atom is 0.274 e. The summed E-state index contributed by atoms with van der Waals surface area (Å²) in [4.78, 5) is 41.0. The number of piperidine rings is 1. The fourth-order valence-electron chi connectivity index (χ4n) is 3.56. The summed E-state index contributed by atoms with van der Waals surface area (Å²) in [6.45, 7) is 3.10. The lowest BCUT2D eigenvalue weighted by atomic mass is 9.94. The van der Waals surface area contributed by atoms with Crippen LogP contribution in [0.3, 0.4) is 0 Å². The SMILES string of the molecule is Cc1[nH]c(-c2ccccc2)nc1C(=O)N1CCC[C@H](c2cc(=O)[nH]cn2)C1. The standard InChI is InChI=1S/C20H21N5O2/c1-13-18(24-19(23-13)14-6-3-2-4-7-14)20(27)25-9-5-8-15(11-25)16-10-17(26)22-12-21-16/h2-4,6-7,10,12,15H,5,8-9,11H2,1H3,(H,23,24)(H,21,22,26)/t15-/m0/s1. The van der Waals surface area contributed by atoms with Crippen molar-refractivity contribution < 1.29 is 4.79 Å². The fourth-order valence-corrected chi connectivity index (χ4v) is 3.56. The number of nitrogens with one attached hydrogen (secondary N) is 2. The van der Waals surface area contributed by atoms with Crippen LogP contribution in [0.15, 0.2) is 47.5 Å². The molecule has 138 valence electrons. The third-order valence-corrected chi connectivity index (χ3v) is 4.96. The number of hydrogen-bond acceptors (Lipinski definition) is 4. The molecular formula is C20H21N5O2. The van der Waals surface area contributed by atoms with Crippen molar-refractivity contribution in [3.8, 4) is 11.4 Å². The van der Waals surface area contributed by atoms with Gasteiger partial charge in [0, 0.05) is 36.3 Å². The molecule has 3 heterocycles. The number of aromatic amines is 2. The summed E-state index contributed by atoms with van der Waals surface area (Å²) in [6.07, 6.45) is 3.21. The van der Waals surface area contributed by atoms with Gasteiger partial charge in [0.2, 0.25) is 0 Å². The molecule has 2 aromatic heterocycles. The van der Waals surface area contributed by atoms with Crippen molar-refractivity contribution in [2.24, 2.45) is 0 Å². The number of carbonyl (C=O) groups excluding carboxylic acids is 1. The van der Waals surface area contributed by atoms with E-state index < -0.39 is 0 Å². The average Bonchev–Trinajstić information content (AvgIpc) is 3.10. The van der Waals surface area contributed by atoms with E-state index >= 15 is 0 Å². The first-order chi connectivity index (χ1) is 13.1. The van der Waals surface area contributed by atoms with Crippen LogP contribution in [0.2, 0.25) is 0 Å². The molecule has 4 rings (SSSR count). The van der Waals surface area contributed by atoms with Gasteiger partial charge in [-0.1, -0.05) is 30.3 Å². The zero-order valence-corrected chi connectivity index (χ0v) is 15.1. The Morgan fingerprint density at radius 1 is 1.26 bits per heavy atom. The maximum absolute atomic E-state index is 13.1. The largest absolute Gasteiger partial charge is 0.341 e. The highest BCUT2D eigenvalue weighted by Crippen LogP contribution is 2.26. The maximum atomic E-state index is 13.1. The van der Waals surface area contributed by atoms with E-state index in [9.17, 15) is 9.59 Å². The van der Waals surface area contributed by atoms with Crippen molar-refractivity contribution in [1.29, 1.82) is 0 Å². The second kappa shape index (κ2) is 7.19. The summed E-state index contributed by atoms with van der Waals surface area (Å²) >= 11 is 0. The molecule has 0 unspecified atom stereocenters. The van der Waals surface area contributed by atoms with E-state index in [1.807, 2.05) is 42.2 Å². The number of nitrogens with zero attached hydrogens (tertiary/aromatic N) is 3. The van der Waals surface area contributed by atoms with Crippen LogP contribution in [0.25, 0.3) is 11.4 Å². The van der Waals surface area contributed by atoms with Crippen molar-refractivity contribution in [2.75, 3.05) is 13.1 Å². The minimum atomic E-state index is -0.168. The highest BCUT2D eigenvalue weighted by atomic mass is 16.2. The third kappa shape index (κ3) is 3.53. The molecule has 7 nitrogen and oxygen atoms in total. The van der Waals surface area contributed by atoms with Gasteiger partial charge in [0.05, 0.1) is 12.0 Å². The molecule has 0 saturated carbocycles. The Labute approximate surface area is 156 Å². The van der Waals surface area contributed by atoms with Crippen molar-refractivity contribution in [3.05, 3.63) is 70.2 Å². The lowest BCUT2D eigenvalue weighted by Crippen LogP contribution is -2.40. The van der Waals surface area contributed by atoms with Gasteiger partial charge in [0.1, 0.15) is 11.5 Å². The van der Waals surface area contributed by atoms with Crippen LogP contribution in [-0.2, 0) is 0 Å². The smallest absolute Gasteiger partial charge is 0.274 e. The van der Waals surface area contributed by atoms with E-state index in [1.54, 1.807) is 0 Å². The van der Waals surface area contributed by atoms with Crippen LogP contribution >= 0.6 is 0 Å². The molecule has 0 spiro atoms. The molecule has 1 saturated heterocycles. The van der Waals surface area contributed by atoms with Gasteiger partial charge in [-0.2, -0.15) is 0 Å². The third-order valence-electron chi connectivity index (χ3n) is 4.96. The second-order valence-corrected chi connectivity index (χ2v) is 6.85. The number of hydrogen-bond donors (Lipinski definition) is 2. The van der Waals surface area contributed by atoms with Gasteiger partial charge >= 0.3 is 0 Å². The number of imidazole rings is 1. The highest BCUT2D eigenvalue weighted by molar-refractivity contribution is 5.94. The van der Waals surface area contributed by atoms with Gasteiger partial charge in [-0.25, -0.2) is 9.97 Å². The topological polar surface area (TPSA) is 94.7 Å². The minimum absolute atomic E-state index is 0.0674. The van der Waals surface area contributed by atoms with E-state index in [1.165, 1.54) is 12.4 Å². The van der Waals surface area contributed by atoms with Gasteiger partial charge in [-0.15, -0.1) is 0 Å². The van der Waals surface area contributed by atoms with E-state index in [2.05, 4.69) is 19.9 Å². The molecule has 1 amide bonds. The molecule has 0 aliphatic carbocycles. The van der Waals surface area contributed by atoms with E-state index in [0.717, 1.165) is 29.8 Å². The first-order valence-electron chi connectivity index (χ1n) is 9.08. The molecular weight excluding hydrogens is 342 g/mol. The molecule has 2 N–H and O–H groups in total. The summed E-state index contributed by atoms with van der Waals surface area (Å²) in [5, 5.41) is 0. The summed E-state index contributed by atoms with van der Waals surface area (Å²) in [5.74, 6) is 0.680. The van der Waals surface area contributed by atoms with Crippen LogP contribution < -0.4 is 5.56 Å². The lowest BCUT2D eigenvalue weighted by molar-refractivity contribution is 0.0699. The van der Waals surface area contributed by atoms with E-state index in [4.69, 9.17) is 0 Å². The highest BCUT2D eigenvalue weighted by Gasteiger charge is 2.28. The summed E-state index contributed by atoms with van der Waals surface area (Å²) in [6, 6.07) is 11.3.